The topological polar surface area (TPSA) is 44.5 Å². The van der Waals surface area contributed by atoms with E-state index in [0.717, 1.165) is 30.8 Å². The lowest BCUT2D eigenvalue weighted by Crippen LogP contribution is -2.12. The van der Waals surface area contributed by atoms with Crippen LogP contribution in [0.4, 0.5) is 0 Å². The van der Waals surface area contributed by atoms with E-state index in [9.17, 15) is 0 Å². The highest BCUT2D eigenvalue weighted by atomic mass is 16.5. The fourth-order valence-corrected chi connectivity index (χ4v) is 2.28. The molecule has 120 valence electrons. The van der Waals surface area contributed by atoms with Crippen LogP contribution in [0.15, 0.2) is 24.3 Å². The first-order chi connectivity index (χ1) is 10.3. The van der Waals surface area contributed by atoms with Gasteiger partial charge in [-0.2, -0.15) is 0 Å². The molecule has 1 aromatic rings. The summed E-state index contributed by atoms with van der Waals surface area (Å²) in [5, 5.41) is 0. The van der Waals surface area contributed by atoms with Crippen molar-refractivity contribution in [2.45, 2.75) is 65.0 Å². The lowest BCUT2D eigenvalue weighted by atomic mass is 10.1. The van der Waals surface area contributed by atoms with E-state index in [1.807, 2.05) is 24.3 Å². The molecule has 0 radical (unpaired) electrons. The highest BCUT2D eigenvalue weighted by Gasteiger charge is 2.03. The molecule has 3 nitrogen and oxygen atoms in total. The highest BCUT2D eigenvalue weighted by molar-refractivity contribution is 5.32. The molecular formula is C18H31NO2. The molecule has 0 amide bonds. The summed E-state index contributed by atoms with van der Waals surface area (Å²) in [6.07, 6.45) is 7.66. The molecule has 1 aromatic carbocycles. The zero-order chi connectivity index (χ0) is 15.3. The van der Waals surface area contributed by atoms with Crippen molar-refractivity contribution in [3.63, 3.8) is 0 Å². The first-order valence-electron chi connectivity index (χ1n) is 8.30. The second-order valence-corrected chi connectivity index (χ2v) is 5.54. The second-order valence-electron chi connectivity index (χ2n) is 5.54. The summed E-state index contributed by atoms with van der Waals surface area (Å²) in [6.45, 7) is 6.36. The third-order valence-electron chi connectivity index (χ3n) is 3.61. The molecule has 21 heavy (non-hydrogen) atoms. The van der Waals surface area contributed by atoms with E-state index in [1.54, 1.807) is 0 Å². The van der Waals surface area contributed by atoms with Crippen LogP contribution in [0, 0.1) is 0 Å². The Morgan fingerprint density at radius 2 is 1.86 bits per heavy atom. The minimum Gasteiger partial charge on any atom is -0.493 e. The van der Waals surface area contributed by atoms with Gasteiger partial charge in [0.2, 0.25) is 0 Å². The van der Waals surface area contributed by atoms with Crippen molar-refractivity contribution in [1.29, 1.82) is 0 Å². The van der Waals surface area contributed by atoms with E-state index in [0.29, 0.717) is 19.3 Å². The number of para-hydroxylation sites is 1. The zero-order valence-electron chi connectivity index (χ0n) is 13.6. The van der Waals surface area contributed by atoms with Gasteiger partial charge in [0.25, 0.3) is 0 Å². The largest absolute Gasteiger partial charge is 0.493 e. The Hall–Kier alpha value is -1.06. The predicted molar refractivity (Wildman–Crippen MR) is 88.6 cm³/mol. The Morgan fingerprint density at radius 3 is 2.62 bits per heavy atom. The van der Waals surface area contributed by atoms with Crippen molar-refractivity contribution < 1.29 is 9.47 Å². The minimum absolute atomic E-state index is 0.359. The molecule has 0 aliphatic carbocycles. The lowest BCUT2D eigenvalue weighted by Gasteiger charge is -2.14. The number of ether oxygens (including phenoxy) is 2. The molecule has 1 rings (SSSR count). The van der Waals surface area contributed by atoms with Crippen molar-refractivity contribution in [3.05, 3.63) is 29.8 Å². The molecule has 3 heteroatoms. The number of benzene rings is 1. The van der Waals surface area contributed by atoms with E-state index in [1.165, 1.54) is 25.7 Å². The van der Waals surface area contributed by atoms with Crippen LogP contribution in [0.3, 0.4) is 0 Å². The molecule has 1 atom stereocenters. The lowest BCUT2D eigenvalue weighted by molar-refractivity contribution is 0.0506. The Kier molecular flexibility index (Phi) is 9.92. The Morgan fingerprint density at radius 1 is 1.05 bits per heavy atom. The summed E-state index contributed by atoms with van der Waals surface area (Å²) in [6, 6.07) is 7.94. The standard InChI is InChI=1S/C18H31NO2/c1-3-4-5-6-10-16(2)20-13-9-14-21-18-12-8-7-11-17(18)15-19/h7-8,11-12,16H,3-6,9-10,13-15,19H2,1-2H3. The van der Waals surface area contributed by atoms with Crippen molar-refractivity contribution in [2.75, 3.05) is 13.2 Å². The molecule has 0 aliphatic heterocycles. The fourth-order valence-electron chi connectivity index (χ4n) is 2.28. The normalized spacial score (nSPS) is 12.3. The van der Waals surface area contributed by atoms with E-state index in [4.69, 9.17) is 15.2 Å². The summed E-state index contributed by atoms with van der Waals surface area (Å²) in [4.78, 5) is 0. The van der Waals surface area contributed by atoms with Crippen LogP contribution in [0.25, 0.3) is 0 Å². The highest BCUT2D eigenvalue weighted by Crippen LogP contribution is 2.17. The van der Waals surface area contributed by atoms with Gasteiger partial charge in [-0.05, 0) is 19.4 Å². The van der Waals surface area contributed by atoms with Crippen LogP contribution in [-0.2, 0) is 11.3 Å². The molecule has 0 aliphatic rings. The molecule has 0 saturated heterocycles. The first kappa shape index (κ1) is 18.0. The van der Waals surface area contributed by atoms with Gasteiger partial charge in [0.05, 0.1) is 19.3 Å². The molecule has 0 spiro atoms. The maximum Gasteiger partial charge on any atom is 0.123 e. The molecule has 0 fully saturated rings. The smallest absolute Gasteiger partial charge is 0.123 e. The molecule has 0 aromatic heterocycles. The molecule has 0 bridgehead atoms. The second kappa shape index (κ2) is 11.6. The monoisotopic (exact) mass is 293 g/mol. The van der Waals surface area contributed by atoms with Crippen molar-refractivity contribution in [2.24, 2.45) is 5.73 Å². The fraction of sp³-hybridized carbons (Fsp3) is 0.667. The Labute approximate surface area is 129 Å². The van der Waals surface area contributed by atoms with Gasteiger partial charge in [0.15, 0.2) is 0 Å². The van der Waals surface area contributed by atoms with Gasteiger partial charge in [-0.1, -0.05) is 50.8 Å². The average Bonchev–Trinajstić information content (AvgIpc) is 2.51. The Balaban J connectivity index is 2.06. The van der Waals surface area contributed by atoms with Crippen LogP contribution in [0.2, 0.25) is 0 Å². The molecular weight excluding hydrogens is 262 g/mol. The zero-order valence-corrected chi connectivity index (χ0v) is 13.6. The molecule has 0 heterocycles. The third-order valence-corrected chi connectivity index (χ3v) is 3.61. The number of rotatable bonds is 12. The van der Waals surface area contributed by atoms with Crippen LogP contribution in [-0.4, -0.2) is 19.3 Å². The van der Waals surface area contributed by atoms with Gasteiger partial charge in [0, 0.05) is 18.5 Å². The molecule has 2 N–H and O–H groups in total. The Bertz CT molecular complexity index is 368. The summed E-state index contributed by atoms with van der Waals surface area (Å²) < 4.78 is 11.6. The van der Waals surface area contributed by atoms with Crippen molar-refractivity contribution in [3.8, 4) is 5.75 Å². The van der Waals surface area contributed by atoms with E-state index >= 15 is 0 Å². The van der Waals surface area contributed by atoms with E-state index < -0.39 is 0 Å². The van der Waals surface area contributed by atoms with Crippen LogP contribution < -0.4 is 10.5 Å². The van der Waals surface area contributed by atoms with Gasteiger partial charge in [-0.25, -0.2) is 0 Å². The quantitative estimate of drug-likeness (QED) is 0.585. The van der Waals surface area contributed by atoms with Crippen LogP contribution >= 0.6 is 0 Å². The van der Waals surface area contributed by atoms with E-state index in [2.05, 4.69) is 13.8 Å². The van der Waals surface area contributed by atoms with Gasteiger partial charge < -0.3 is 15.2 Å². The van der Waals surface area contributed by atoms with Gasteiger partial charge in [-0.3, -0.25) is 0 Å². The van der Waals surface area contributed by atoms with Crippen molar-refractivity contribution in [1.82, 2.24) is 0 Å². The average molecular weight is 293 g/mol. The van der Waals surface area contributed by atoms with Crippen LogP contribution in [0.1, 0.15) is 57.9 Å². The number of unbranched alkanes of at least 4 members (excludes halogenated alkanes) is 3. The molecule has 0 saturated carbocycles. The predicted octanol–water partition coefficient (Wildman–Crippen LogP) is 4.29. The number of hydrogen-bond acceptors (Lipinski definition) is 3. The molecule has 1 unspecified atom stereocenters. The summed E-state index contributed by atoms with van der Waals surface area (Å²) in [5.41, 5.74) is 6.74. The SMILES string of the molecule is CCCCCCC(C)OCCCOc1ccccc1CN. The maximum absolute atomic E-state index is 5.81. The third kappa shape index (κ3) is 8.08. The summed E-state index contributed by atoms with van der Waals surface area (Å²) in [7, 11) is 0. The minimum atomic E-state index is 0.359. The van der Waals surface area contributed by atoms with Gasteiger partial charge >= 0.3 is 0 Å². The van der Waals surface area contributed by atoms with Gasteiger partial charge in [0.1, 0.15) is 5.75 Å². The summed E-state index contributed by atoms with van der Waals surface area (Å²) >= 11 is 0. The van der Waals surface area contributed by atoms with E-state index in [-0.39, 0.29) is 0 Å². The number of hydrogen-bond donors (Lipinski definition) is 1. The van der Waals surface area contributed by atoms with Crippen LogP contribution in [0.5, 0.6) is 5.75 Å². The van der Waals surface area contributed by atoms with Gasteiger partial charge in [-0.15, -0.1) is 0 Å². The summed E-state index contributed by atoms with van der Waals surface area (Å²) in [5.74, 6) is 0.896. The number of nitrogens with two attached hydrogens (primary N) is 1. The maximum atomic E-state index is 5.81. The first-order valence-corrected chi connectivity index (χ1v) is 8.30. The van der Waals surface area contributed by atoms with Crippen molar-refractivity contribution >= 4 is 0 Å².